The highest BCUT2D eigenvalue weighted by molar-refractivity contribution is 5.36. The third kappa shape index (κ3) is 2.95. The van der Waals surface area contributed by atoms with Crippen molar-refractivity contribution < 1.29 is 0 Å². The topological polar surface area (TPSA) is 28.2 Å². The van der Waals surface area contributed by atoms with Crippen molar-refractivity contribution in [1.82, 2.24) is 10.3 Å². The van der Waals surface area contributed by atoms with Crippen molar-refractivity contribution in [1.29, 1.82) is 0 Å². The lowest BCUT2D eigenvalue weighted by molar-refractivity contribution is 0.519. The summed E-state index contributed by atoms with van der Waals surface area (Å²) in [5.74, 6) is 1.03. The SMILES string of the molecule is CN(C)c1cccc(CNC2CCCC2)n1. The number of pyridine rings is 1. The molecule has 0 atom stereocenters. The molecular formula is C13H21N3. The zero-order chi connectivity index (χ0) is 11.4. The van der Waals surface area contributed by atoms with Crippen molar-refractivity contribution in [3.63, 3.8) is 0 Å². The Morgan fingerprint density at radius 3 is 2.75 bits per heavy atom. The van der Waals surface area contributed by atoms with E-state index in [1.165, 1.54) is 25.7 Å². The fourth-order valence-electron chi connectivity index (χ4n) is 2.19. The van der Waals surface area contributed by atoms with Gasteiger partial charge in [0.1, 0.15) is 5.82 Å². The molecule has 2 rings (SSSR count). The highest BCUT2D eigenvalue weighted by Crippen LogP contribution is 2.18. The first-order valence-electron chi connectivity index (χ1n) is 6.12. The number of nitrogens with zero attached hydrogens (tertiary/aromatic N) is 2. The second-order valence-corrected chi connectivity index (χ2v) is 4.74. The van der Waals surface area contributed by atoms with Gasteiger partial charge in [-0.05, 0) is 25.0 Å². The number of anilines is 1. The van der Waals surface area contributed by atoms with Crippen LogP contribution in [0.4, 0.5) is 5.82 Å². The Labute approximate surface area is 97.9 Å². The number of hydrogen-bond donors (Lipinski definition) is 1. The molecule has 3 heteroatoms. The summed E-state index contributed by atoms with van der Waals surface area (Å²) in [6.07, 6.45) is 5.41. The zero-order valence-corrected chi connectivity index (χ0v) is 10.2. The van der Waals surface area contributed by atoms with Crippen LogP contribution < -0.4 is 10.2 Å². The van der Waals surface area contributed by atoms with Gasteiger partial charge < -0.3 is 10.2 Å². The van der Waals surface area contributed by atoms with Crippen LogP contribution in [0.2, 0.25) is 0 Å². The van der Waals surface area contributed by atoms with E-state index in [1.807, 2.05) is 25.1 Å². The summed E-state index contributed by atoms with van der Waals surface area (Å²) in [6, 6.07) is 6.92. The summed E-state index contributed by atoms with van der Waals surface area (Å²) >= 11 is 0. The van der Waals surface area contributed by atoms with Gasteiger partial charge in [0.05, 0.1) is 5.69 Å². The molecule has 1 saturated carbocycles. The molecule has 0 amide bonds. The Kier molecular flexibility index (Phi) is 3.78. The van der Waals surface area contributed by atoms with Gasteiger partial charge in [-0.1, -0.05) is 18.9 Å². The molecule has 1 aromatic heterocycles. The molecule has 3 nitrogen and oxygen atoms in total. The summed E-state index contributed by atoms with van der Waals surface area (Å²) in [6.45, 7) is 0.895. The van der Waals surface area contributed by atoms with Crippen molar-refractivity contribution in [2.45, 2.75) is 38.3 Å². The van der Waals surface area contributed by atoms with Crippen LogP contribution in [0.25, 0.3) is 0 Å². The van der Waals surface area contributed by atoms with Gasteiger partial charge in [-0.15, -0.1) is 0 Å². The molecule has 0 saturated heterocycles. The van der Waals surface area contributed by atoms with Crippen molar-refractivity contribution in [3.05, 3.63) is 23.9 Å². The van der Waals surface area contributed by atoms with E-state index in [1.54, 1.807) is 0 Å². The first kappa shape index (κ1) is 11.4. The lowest BCUT2D eigenvalue weighted by atomic mass is 10.2. The molecular weight excluding hydrogens is 198 g/mol. The van der Waals surface area contributed by atoms with Crippen LogP contribution in [-0.4, -0.2) is 25.1 Å². The second kappa shape index (κ2) is 5.30. The van der Waals surface area contributed by atoms with Crippen LogP contribution in [0, 0.1) is 0 Å². The Morgan fingerprint density at radius 1 is 1.31 bits per heavy atom. The summed E-state index contributed by atoms with van der Waals surface area (Å²) in [5, 5.41) is 3.58. The first-order valence-corrected chi connectivity index (χ1v) is 6.12. The van der Waals surface area contributed by atoms with Gasteiger partial charge in [0.15, 0.2) is 0 Å². The third-order valence-electron chi connectivity index (χ3n) is 3.18. The van der Waals surface area contributed by atoms with Gasteiger partial charge in [-0.3, -0.25) is 0 Å². The summed E-state index contributed by atoms with van der Waals surface area (Å²) in [4.78, 5) is 6.64. The molecule has 16 heavy (non-hydrogen) atoms. The fourth-order valence-corrected chi connectivity index (χ4v) is 2.19. The maximum Gasteiger partial charge on any atom is 0.128 e. The van der Waals surface area contributed by atoms with E-state index in [0.717, 1.165) is 18.1 Å². The van der Waals surface area contributed by atoms with Gasteiger partial charge in [0.2, 0.25) is 0 Å². The summed E-state index contributed by atoms with van der Waals surface area (Å²) in [7, 11) is 4.05. The standard InChI is InChI=1S/C13H21N3/c1-16(2)13-9-5-8-12(15-13)10-14-11-6-3-4-7-11/h5,8-9,11,14H,3-4,6-7,10H2,1-2H3. The molecule has 1 heterocycles. The number of aromatic nitrogens is 1. The molecule has 1 aromatic rings. The van der Waals surface area contributed by atoms with E-state index in [0.29, 0.717) is 6.04 Å². The van der Waals surface area contributed by atoms with E-state index < -0.39 is 0 Å². The predicted molar refractivity (Wildman–Crippen MR) is 67.7 cm³/mol. The van der Waals surface area contributed by atoms with E-state index in [4.69, 9.17) is 0 Å². The first-order chi connectivity index (χ1) is 7.75. The third-order valence-corrected chi connectivity index (χ3v) is 3.18. The summed E-state index contributed by atoms with van der Waals surface area (Å²) in [5.41, 5.74) is 1.14. The molecule has 0 bridgehead atoms. The lowest BCUT2D eigenvalue weighted by Crippen LogP contribution is -2.26. The van der Waals surface area contributed by atoms with E-state index in [9.17, 15) is 0 Å². The molecule has 0 aliphatic heterocycles. The average molecular weight is 219 g/mol. The van der Waals surface area contributed by atoms with Crippen molar-refractivity contribution in [2.24, 2.45) is 0 Å². The van der Waals surface area contributed by atoms with Gasteiger partial charge in [-0.2, -0.15) is 0 Å². The Hall–Kier alpha value is -1.09. The van der Waals surface area contributed by atoms with Crippen molar-refractivity contribution in [2.75, 3.05) is 19.0 Å². The smallest absolute Gasteiger partial charge is 0.128 e. The molecule has 0 aromatic carbocycles. The molecule has 1 aliphatic rings. The second-order valence-electron chi connectivity index (χ2n) is 4.74. The maximum atomic E-state index is 4.60. The minimum absolute atomic E-state index is 0.713. The van der Waals surface area contributed by atoms with E-state index in [-0.39, 0.29) is 0 Å². The number of rotatable bonds is 4. The fraction of sp³-hybridized carbons (Fsp3) is 0.615. The Bertz CT molecular complexity index is 330. The van der Waals surface area contributed by atoms with Crippen molar-refractivity contribution in [3.8, 4) is 0 Å². The average Bonchev–Trinajstić information content (AvgIpc) is 2.79. The Morgan fingerprint density at radius 2 is 2.06 bits per heavy atom. The van der Waals surface area contributed by atoms with Gasteiger partial charge in [0.25, 0.3) is 0 Å². The monoisotopic (exact) mass is 219 g/mol. The van der Waals surface area contributed by atoms with Gasteiger partial charge in [-0.25, -0.2) is 4.98 Å². The number of hydrogen-bond acceptors (Lipinski definition) is 3. The van der Waals surface area contributed by atoms with Crippen LogP contribution in [0.5, 0.6) is 0 Å². The van der Waals surface area contributed by atoms with Crippen LogP contribution in [-0.2, 0) is 6.54 Å². The lowest BCUT2D eigenvalue weighted by Gasteiger charge is -2.14. The molecule has 0 spiro atoms. The normalized spacial score (nSPS) is 16.6. The van der Waals surface area contributed by atoms with Crippen LogP contribution in [0.1, 0.15) is 31.4 Å². The maximum absolute atomic E-state index is 4.60. The van der Waals surface area contributed by atoms with E-state index >= 15 is 0 Å². The van der Waals surface area contributed by atoms with Crippen LogP contribution in [0.15, 0.2) is 18.2 Å². The Balaban J connectivity index is 1.90. The van der Waals surface area contributed by atoms with Crippen LogP contribution >= 0.6 is 0 Å². The largest absolute Gasteiger partial charge is 0.363 e. The summed E-state index contributed by atoms with van der Waals surface area (Å²) < 4.78 is 0. The highest BCUT2D eigenvalue weighted by Gasteiger charge is 2.13. The van der Waals surface area contributed by atoms with Gasteiger partial charge >= 0.3 is 0 Å². The molecule has 88 valence electrons. The van der Waals surface area contributed by atoms with E-state index in [2.05, 4.69) is 22.4 Å². The molecule has 0 unspecified atom stereocenters. The van der Waals surface area contributed by atoms with Gasteiger partial charge in [0, 0.05) is 26.7 Å². The van der Waals surface area contributed by atoms with Crippen LogP contribution in [0.3, 0.4) is 0 Å². The molecule has 1 fully saturated rings. The minimum atomic E-state index is 0.713. The molecule has 1 N–H and O–H groups in total. The molecule has 1 aliphatic carbocycles. The predicted octanol–water partition coefficient (Wildman–Crippen LogP) is 2.18. The zero-order valence-electron chi connectivity index (χ0n) is 10.2. The van der Waals surface area contributed by atoms with Crippen molar-refractivity contribution >= 4 is 5.82 Å². The quantitative estimate of drug-likeness (QED) is 0.841. The minimum Gasteiger partial charge on any atom is -0.363 e. The number of nitrogens with one attached hydrogen (secondary N) is 1. The highest BCUT2D eigenvalue weighted by atomic mass is 15.1. The molecule has 0 radical (unpaired) electrons.